The zero-order valence-corrected chi connectivity index (χ0v) is 10.4. The minimum atomic E-state index is 0. The molecule has 0 bridgehead atoms. The van der Waals surface area contributed by atoms with Gasteiger partial charge in [-0.3, -0.25) is 4.99 Å². The first-order valence-electron chi connectivity index (χ1n) is 5.38. The van der Waals surface area contributed by atoms with Crippen molar-refractivity contribution in [1.29, 1.82) is 0 Å². The molecule has 0 radical (unpaired) electrons. The zero-order valence-electron chi connectivity index (χ0n) is 9.55. The highest BCUT2D eigenvalue weighted by atomic mass is 35.5. The fourth-order valence-electron chi connectivity index (χ4n) is 2.05. The van der Waals surface area contributed by atoms with Crippen LogP contribution >= 0.6 is 12.4 Å². The van der Waals surface area contributed by atoms with Gasteiger partial charge in [-0.15, -0.1) is 12.4 Å². The van der Waals surface area contributed by atoms with Crippen LogP contribution in [0.15, 0.2) is 4.99 Å². The highest BCUT2D eigenvalue weighted by Gasteiger charge is 2.34. The fraction of sp³-hybridized carbons (Fsp3) is 0.909. The molecule has 0 saturated carbocycles. The molecule has 1 aliphatic rings. The normalized spacial score (nSPS) is 24.2. The quantitative estimate of drug-likeness (QED) is 0.724. The molecule has 0 spiro atoms. The standard InChI is InChI=1S/C11H22N2.ClH/c1-4-5-6-7-9-11(2,3)8-10(12)13-9;/h9H,4-8H2,1-3H3,(H2,12,13);1H. The summed E-state index contributed by atoms with van der Waals surface area (Å²) in [7, 11) is 0. The van der Waals surface area contributed by atoms with Crippen LogP contribution in [0.2, 0.25) is 0 Å². The van der Waals surface area contributed by atoms with Gasteiger partial charge in [0.25, 0.3) is 0 Å². The summed E-state index contributed by atoms with van der Waals surface area (Å²) in [4.78, 5) is 4.51. The van der Waals surface area contributed by atoms with Gasteiger partial charge in [0, 0.05) is 6.42 Å². The summed E-state index contributed by atoms with van der Waals surface area (Å²) in [6.07, 6.45) is 6.08. The van der Waals surface area contributed by atoms with E-state index in [9.17, 15) is 0 Å². The summed E-state index contributed by atoms with van der Waals surface area (Å²) in [5, 5.41) is 0. The fourth-order valence-corrected chi connectivity index (χ4v) is 2.05. The molecule has 0 aromatic rings. The van der Waals surface area contributed by atoms with Crippen LogP contribution in [-0.4, -0.2) is 11.9 Å². The summed E-state index contributed by atoms with van der Waals surface area (Å²) in [5.41, 5.74) is 6.06. The van der Waals surface area contributed by atoms with Crippen molar-refractivity contribution in [3.63, 3.8) is 0 Å². The Morgan fingerprint density at radius 2 is 2.07 bits per heavy atom. The van der Waals surface area contributed by atoms with Gasteiger partial charge in [-0.2, -0.15) is 0 Å². The van der Waals surface area contributed by atoms with Crippen molar-refractivity contribution >= 4 is 18.2 Å². The van der Waals surface area contributed by atoms with Crippen molar-refractivity contribution in [1.82, 2.24) is 0 Å². The Morgan fingerprint density at radius 1 is 1.43 bits per heavy atom. The molecule has 84 valence electrons. The van der Waals surface area contributed by atoms with Gasteiger partial charge < -0.3 is 5.73 Å². The molecule has 2 N–H and O–H groups in total. The molecule has 0 aromatic heterocycles. The molecule has 1 atom stereocenters. The first kappa shape index (κ1) is 13.8. The van der Waals surface area contributed by atoms with Crippen LogP contribution in [-0.2, 0) is 0 Å². The number of amidine groups is 1. The van der Waals surface area contributed by atoms with Crippen LogP contribution in [0.1, 0.15) is 52.9 Å². The van der Waals surface area contributed by atoms with Crippen molar-refractivity contribution in [2.75, 3.05) is 0 Å². The molecule has 0 amide bonds. The number of unbranched alkanes of at least 4 members (excludes halogenated alkanes) is 2. The second-order valence-electron chi connectivity index (χ2n) is 4.80. The second kappa shape index (κ2) is 5.59. The molecule has 2 nitrogen and oxygen atoms in total. The van der Waals surface area contributed by atoms with Gasteiger partial charge in [-0.25, -0.2) is 0 Å². The summed E-state index contributed by atoms with van der Waals surface area (Å²) in [6, 6.07) is 0.471. The smallest absolute Gasteiger partial charge is 0.0946 e. The lowest BCUT2D eigenvalue weighted by Gasteiger charge is -2.24. The molecular formula is C11H23ClN2. The third kappa shape index (κ3) is 3.49. The first-order valence-corrected chi connectivity index (χ1v) is 5.38. The van der Waals surface area contributed by atoms with Crippen LogP contribution in [0.4, 0.5) is 0 Å². The van der Waals surface area contributed by atoms with E-state index in [1.165, 1.54) is 25.7 Å². The van der Waals surface area contributed by atoms with E-state index in [1.54, 1.807) is 0 Å². The van der Waals surface area contributed by atoms with E-state index < -0.39 is 0 Å². The average Bonchev–Trinajstić information content (AvgIpc) is 2.25. The third-order valence-corrected chi connectivity index (χ3v) is 2.94. The Balaban J connectivity index is 0.00000169. The highest BCUT2D eigenvalue weighted by Crippen LogP contribution is 2.35. The van der Waals surface area contributed by atoms with Crippen molar-refractivity contribution in [2.24, 2.45) is 16.1 Å². The number of rotatable bonds is 4. The van der Waals surface area contributed by atoms with Crippen LogP contribution in [0.5, 0.6) is 0 Å². The van der Waals surface area contributed by atoms with Crippen LogP contribution in [0.25, 0.3) is 0 Å². The highest BCUT2D eigenvalue weighted by molar-refractivity contribution is 5.85. The molecule has 0 aromatic carbocycles. The molecule has 0 fully saturated rings. The van der Waals surface area contributed by atoms with E-state index in [0.717, 1.165) is 12.3 Å². The average molecular weight is 219 g/mol. The minimum absolute atomic E-state index is 0. The van der Waals surface area contributed by atoms with Gasteiger partial charge in [0.05, 0.1) is 11.9 Å². The molecule has 14 heavy (non-hydrogen) atoms. The Labute approximate surface area is 93.8 Å². The molecular weight excluding hydrogens is 196 g/mol. The molecule has 1 aliphatic heterocycles. The predicted molar refractivity (Wildman–Crippen MR) is 65.2 cm³/mol. The number of aliphatic imine (C=N–C) groups is 1. The Morgan fingerprint density at radius 3 is 2.50 bits per heavy atom. The van der Waals surface area contributed by atoms with E-state index >= 15 is 0 Å². The maximum absolute atomic E-state index is 5.75. The number of hydrogen-bond acceptors (Lipinski definition) is 2. The van der Waals surface area contributed by atoms with Crippen molar-refractivity contribution < 1.29 is 0 Å². The van der Waals surface area contributed by atoms with Crippen LogP contribution < -0.4 is 5.73 Å². The molecule has 3 heteroatoms. The van der Waals surface area contributed by atoms with Gasteiger partial charge >= 0.3 is 0 Å². The van der Waals surface area contributed by atoms with Crippen molar-refractivity contribution in [3.8, 4) is 0 Å². The van der Waals surface area contributed by atoms with E-state index in [-0.39, 0.29) is 12.4 Å². The third-order valence-electron chi connectivity index (χ3n) is 2.94. The maximum Gasteiger partial charge on any atom is 0.0946 e. The van der Waals surface area contributed by atoms with Crippen LogP contribution in [0.3, 0.4) is 0 Å². The monoisotopic (exact) mass is 218 g/mol. The summed E-state index contributed by atoms with van der Waals surface area (Å²) < 4.78 is 0. The predicted octanol–water partition coefficient (Wildman–Crippen LogP) is 3.14. The van der Waals surface area contributed by atoms with Gasteiger partial charge in [0.2, 0.25) is 0 Å². The molecule has 1 rings (SSSR count). The zero-order chi connectivity index (χ0) is 9.90. The summed E-state index contributed by atoms with van der Waals surface area (Å²) in [5.74, 6) is 0.853. The number of halogens is 1. The van der Waals surface area contributed by atoms with Gasteiger partial charge in [-0.05, 0) is 11.8 Å². The van der Waals surface area contributed by atoms with Gasteiger partial charge in [0.15, 0.2) is 0 Å². The minimum Gasteiger partial charge on any atom is -0.387 e. The Bertz CT molecular complexity index is 199. The molecule has 0 saturated heterocycles. The summed E-state index contributed by atoms with van der Waals surface area (Å²) >= 11 is 0. The second-order valence-corrected chi connectivity index (χ2v) is 4.80. The van der Waals surface area contributed by atoms with Crippen molar-refractivity contribution in [3.05, 3.63) is 0 Å². The van der Waals surface area contributed by atoms with E-state index in [1.807, 2.05) is 0 Å². The molecule has 0 aliphatic carbocycles. The summed E-state index contributed by atoms with van der Waals surface area (Å²) in [6.45, 7) is 6.78. The maximum atomic E-state index is 5.75. The lowest BCUT2D eigenvalue weighted by atomic mass is 9.81. The molecule has 1 unspecified atom stereocenters. The largest absolute Gasteiger partial charge is 0.387 e. The number of hydrogen-bond donors (Lipinski definition) is 1. The van der Waals surface area contributed by atoms with Crippen LogP contribution in [0, 0.1) is 5.41 Å². The lowest BCUT2D eigenvalue weighted by Crippen LogP contribution is -2.24. The SMILES string of the molecule is CCCCCC1N=C(N)CC1(C)C.Cl. The van der Waals surface area contributed by atoms with Gasteiger partial charge in [0.1, 0.15) is 0 Å². The molecule has 1 heterocycles. The van der Waals surface area contributed by atoms with E-state index in [0.29, 0.717) is 11.5 Å². The first-order chi connectivity index (χ1) is 6.06. The Hall–Kier alpha value is -0.240. The van der Waals surface area contributed by atoms with E-state index in [4.69, 9.17) is 5.73 Å². The topological polar surface area (TPSA) is 38.4 Å². The van der Waals surface area contributed by atoms with E-state index in [2.05, 4.69) is 25.8 Å². The van der Waals surface area contributed by atoms with Crippen molar-refractivity contribution in [2.45, 2.75) is 58.9 Å². The lowest BCUT2D eigenvalue weighted by molar-refractivity contribution is 0.303. The number of nitrogens with two attached hydrogens (primary N) is 1. The Kier molecular flexibility index (Phi) is 5.50. The van der Waals surface area contributed by atoms with Gasteiger partial charge in [-0.1, -0.05) is 40.0 Å². The number of nitrogens with zero attached hydrogens (tertiary/aromatic N) is 1.